The van der Waals surface area contributed by atoms with Gasteiger partial charge in [-0.15, -0.1) is 0 Å². The number of ether oxygens (including phenoxy) is 1. The Morgan fingerprint density at radius 2 is 2.10 bits per heavy atom. The van der Waals surface area contributed by atoms with E-state index in [0.717, 1.165) is 17.3 Å². The van der Waals surface area contributed by atoms with Crippen molar-refractivity contribution in [3.05, 3.63) is 58.5 Å². The number of aryl methyl sites for hydroxylation is 1. The van der Waals surface area contributed by atoms with E-state index in [1.165, 1.54) is 17.0 Å². The number of benzene rings is 1. The molecule has 0 aliphatic rings. The van der Waals surface area contributed by atoms with Gasteiger partial charge in [-0.1, -0.05) is 34.6 Å². The molecule has 0 saturated heterocycles. The van der Waals surface area contributed by atoms with Gasteiger partial charge in [-0.3, -0.25) is 9.36 Å². The molecule has 0 amide bonds. The fourth-order valence-corrected chi connectivity index (χ4v) is 2.28. The van der Waals surface area contributed by atoms with Gasteiger partial charge in [0.25, 0.3) is 12.0 Å². The highest BCUT2D eigenvalue weighted by Gasteiger charge is 2.07. The standard InChI is InChI=1S/C18H17F2N5O4/c1-12-23-18(24-29-12)14-4-2-13(3-5-14)9-25-11-21-16(8-17(25)26)27-7-6-22-28-10-15(19)20/h2-6,8,11,15H,7,9-10H2,1H3. The van der Waals surface area contributed by atoms with Gasteiger partial charge < -0.3 is 14.1 Å². The first-order valence-electron chi connectivity index (χ1n) is 8.52. The molecule has 3 aromatic rings. The Morgan fingerprint density at radius 1 is 1.31 bits per heavy atom. The summed E-state index contributed by atoms with van der Waals surface area (Å²) < 4.78 is 35.3. The Labute approximate surface area is 163 Å². The van der Waals surface area contributed by atoms with E-state index in [1.807, 2.05) is 24.3 Å². The van der Waals surface area contributed by atoms with Crippen molar-refractivity contribution in [2.45, 2.75) is 19.9 Å². The molecule has 0 atom stereocenters. The lowest BCUT2D eigenvalue weighted by Gasteiger charge is -2.07. The average Bonchev–Trinajstić information content (AvgIpc) is 3.13. The number of hydrogen-bond acceptors (Lipinski definition) is 8. The third-order valence-electron chi connectivity index (χ3n) is 3.60. The van der Waals surface area contributed by atoms with E-state index in [2.05, 4.69) is 25.1 Å². The quantitative estimate of drug-likeness (QED) is 0.397. The van der Waals surface area contributed by atoms with Gasteiger partial charge in [0.1, 0.15) is 12.9 Å². The maximum Gasteiger partial charge on any atom is 0.274 e. The van der Waals surface area contributed by atoms with E-state index in [0.29, 0.717) is 18.3 Å². The molecule has 3 rings (SSSR count). The van der Waals surface area contributed by atoms with E-state index in [4.69, 9.17) is 9.26 Å². The van der Waals surface area contributed by atoms with Crippen LogP contribution in [0.3, 0.4) is 0 Å². The van der Waals surface area contributed by atoms with Gasteiger partial charge in [0, 0.05) is 12.5 Å². The van der Waals surface area contributed by atoms with Gasteiger partial charge in [0.15, 0.2) is 6.61 Å². The summed E-state index contributed by atoms with van der Waals surface area (Å²) in [6.07, 6.45) is -0.0808. The highest BCUT2D eigenvalue weighted by atomic mass is 19.3. The van der Waals surface area contributed by atoms with Gasteiger partial charge in [0.05, 0.1) is 18.8 Å². The highest BCUT2D eigenvalue weighted by molar-refractivity contribution is 5.58. The summed E-state index contributed by atoms with van der Waals surface area (Å²) in [5.74, 6) is 1.07. The summed E-state index contributed by atoms with van der Waals surface area (Å²) in [6.45, 7) is 1.17. The van der Waals surface area contributed by atoms with Crippen molar-refractivity contribution in [3.63, 3.8) is 0 Å². The number of oxime groups is 1. The van der Waals surface area contributed by atoms with Crippen LogP contribution >= 0.6 is 0 Å². The zero-order valence-electron chi connectivity index (χ0n) is 15.4. The van der Waals surface area contributed by atoms with Crippen LogP contribution in [0.1, 0.15) is 11.5 Å². The predicted molar refractivity (Wildman–Crippen MR) is 98.0 cm³/mol. The minimum Gasteiger partial charge on any atom is -0.471 e. The molecule has 1 aromatic carbocycles. The molecule has 11 heteroatoms. The van der Waals surface area contributed by atoms with Crippen LogP contribution in [0.15, 0.2) is 51.1 Å². The second-order valence-corrected chi connectivity index (χ2v) is 5.81. The summed E-state index contributed by atoms with van der Waals surface area (Å²) in [4.78, 5) is 24.7. The van der Waals surface area contributed by atoms with Crippen molar-refractivity contribution in [3.8, 4) is 17.3 Å². The van der Waals surface area contributed by atoms with Crippen molar-refractivity contribution in [1.29, 1.82) is 0 Å². The van der Waals surface area contributed by atoms with Gasteiger partial charge in [-0.2, -0.15) is 4.98 Å². The normalized spacial score (nSPS) is 11.3. The second kappa shape index (κ2) is 9.53. The Kier molecular flexibility index (Phi) is 6.61. The van der Waals surface area contributed by atoms with Crippen molar-refractivity contribution >= 4 is 6.21 Å². The van der Waals surface area contributed by atoms with Crippen LogP contribution in [0.4, 0.5) is 8.78 Å². The van der Waals surface area contributed by atoms with E-state index in [-0.39, 0.29) is 18.0 Å². The number of alkyl halides is 2. The van der Waals surface area contributed by atoms with E-state index in [9.17, 15) is 13.6 Å². The van der Waals surface area contributed by atoms with Gasteiger partial charge in [-0.05, 0) is 5.56 Å². The molecule has 0 fully saturated rings. The van der Waals surface area contributed by atoms with Crippen molar-refractivity contribution in [1.82, 2.24) is 19.7 Å². The Balaban J connectivity index is 1.56. The van der Waals surface area contributed by atoms with E-state index < -0.39 is 13.0 Å². The van der Waals surface area contributed by atoms with E-state index >= 15 is 0 Å². The lowest BCUT2D eigenvalue weighted by atomic mass is 10.1. The first-order valence-corrected chi connectivity index (χ1v) is 8.52. The lowest BCUT2D eigenvalue weighted by molar-refractivity contribution is 0.0204. The van der Waals surface area contributed by atoms with Crippen molar-refractivity contribution in [2.75, 3.05) is 13.2 Å². The van der Waals surface area contributed by atoms with Crippen LogP contribution in [0, 0.1) is 6.92 Å². The summed E-state index contributed by atoms with van der Waals surface area (Å²) in [6, 6.07) is 8.61. The van der Waals surface area contributed by atoms with Crippen LogP contribution in [0.25, 0.3) is 11.4 Å². The minimum atomic E-state index is -2.60. The van der Waals surface area contributed by atoms with Crippen LogP contribution in [-0.2, 0) is 11.4 Å². The molecular weight excluding hydrogens is 388 g/mol. The Hall–Kier alpha value is -3.63. The van der Waals surface area contributed by atoms with Crippen molar-refractivity contribution < 1.29 is 22.9 Å². The highest BCUT2D eigenvalue weighted by Crippen LogP contribution is 2.16. The van der Waals surface area contributed by atoms with Gasteiger partial charge in [0.2, 0.25) is 17.6 Å². The smallest absolute Gasteiger partial charge is 0.274 e. The SMILES string of the molecule is Cc1nc(-c2ccc(Cn3cnc(OCC=NOCC(F)F)cc3=O)cc2)no1. The maximum absolute atomic E-state index is 12.2. The number of rotatable bonds is 9. The third-order valence-corrected chi connectivity index (χ3v) is 3.60. The zero-order chi connectivity index (χ0) is 20.6. The monoisotopic (exact) mass is 405 g/mol. The molecule has 0 N–H and O–H groups in total. The molecule has 0 bridgehead atoms. The Bertz CT molecular complexity index is 1020. The molecule has 29 heavy (non-hydrogen) atoms. The summed E-state index contributed by atoms with van der Waals surface area (Å²) in [7, 11) is 0. The molecule has 0 radical (unpaired) electrons. The van der Waals surface area contributed by atoms with Crippen LogP contribution in [0.2, 0.25) is 0 Å². The molecule has 152 valence electrons. The Morgan fingerprint density at radius 3 is 2.76 bits per heavy atom. The first kappa shape index (κ1) is 20.1. The van der Waals surface area contributed by atoms with Gasteiger partial charge >= 0.3 is 0 Å². The summed E-state index contributed by atoms with van der Waals surface area (Å²) >= 11 is 0. The number of hydrogen-bond donors (Lipinski definition) is 0. The fourth-order valence-electron chi connectivity index (χ4n) is 2.28. The molecule has 0 saturated carbocycles. The van der Waals surface area contributed by atoms with Gasteiger partial charge in [-0.25, -0.2) is 13.8 Å². The minimum absolute atomic E-state index is 0.0727. The molecule has 2 heterocycles. The molecule has 2 aromatic heterocycles. The van der Waals surface area contributed by atoms with Crippen molar-refractivity contribution in [2.24, 2.45) is 5.16 Å². The first-order chi connectivity index (χ1) is 14.0. The number of nitrogens with zero attached hydrogens (tertiary/aromatic N) is 5. The predicted octanol–water partition coefficient (Wildman–Crippen LogP) is 2.30. The zero-order valence-corrected chi connectivity index (χ0v) is 15.4. The van der Waals surface area contributed by atoms with Crippen LogP contribution < -0.4 is 10.3 Å². The number of aromatic nitrogens is 4. The molecule has 0 unspecified atom stereocenters. The topological polar surface area (TPSA) is 105 Å². The maximum atomic E-state index is 12.2. The largest absolute Gasteiger partial charge is 0.471 e. The molecule has 0 aliphatic carbocycles. The number of halogens is 2. The molecular formula is C18H17F2N5O4. The molecule has 9 nitrogen and oxygen atoms in total. The van der Waals surface area contributed by atoms with Crippen LogP contribution in [0.5, 0.6) is 5.88 Å². The lowest BCUT2D eigenvalue weighted by Crippen LogP contribution is -2.20. The fraction of sp³-hybridized carbons (Fsp3) is 0.278. The second-order valence-electron chi connectivity index (χ2n) is 5.81. The van der Waals surface area contributed by atoms with Crippen LogP contribution in [-0.4, -0.2) is 45.5 Å². The average molecular weight is 405 g/mol. The molecule has 0 spiro atoms. The summed E-state index contributed by atoms with van der Waals surface area (Å²) in [5.41, 5.74) is 1.38. The van der Waals surface area contributed by atoms with E-state index in [1.54, 1.807) is 6.92 Å². The third kappa shape index (κ3) is 5.92. The molecule has 0 aliphatic heterocycles. The summed E-state index contributed by atoms with van der Waals surface area (Å²) in [5, 5.41) is 7.15.